The van der Waals surface area contributed by atoms with E-state index in [4.69, 9.17) is 4.74 Å². The molecule has 1 N–H and O–H groups in total. The lowest BCUT2D eigenvalue weighted by Crippen LogP contribution is -2.52. The zero-order chi connectivity index (χ0) is 17.0. The molecule has 0 aliphatic carbocycles. The Morgan fingerprint density at radius 3 is 2.09 bits per heavy atom. The topological polar surface area (TPSA) is 64.6 Å². The standard InChI is InChI=1S/C13H13F4NO4/c1-3-22-10(19)8-4-6-9(7-5-8)18-11(20)12(14,21-2)13(15,16)17/h4-7H,3H2,1-2H3,(H,18,20)/t12-/m0/s1. The van der Waals surface area contributed by atoms with Crippen molar-refractivity contribution in [3.05, 3.63) is 29.8 Å². The first-order valence-corrected chi connectivity index (χ1v) is 6.05. The number of rotatable bonds is 5. The van der Waals surface area contributed by atoms with E-state index in [9.17, 15) is 27.2 Å². The van der Waals surface area contributed by atoms with Gasteiger partial charge >= 0.3 is 18.0 Å². The van der Waals surface area contributed by atoms with Crippen LogP contribution >= 0.6 is 0 Å². The van der Waals surface area contributed by atoms with Crippen molar-refractivity contribution in [2.45, 2.75) is 19.0 Å². The van der Waals surface area contributed by atoms with E-state index in [2.05, 4.69) is 4.74 Å². The molecule has 9 heteroatoms. The number of nitrogens with one attached hydrogen (secondary N) is 1. The number of alkyl halides is 4. The Kier molecular flexibility index (Phi) is 5.48. The lowest BCUT2D eigenvalue weighted by atomic mass is 10.2. The van der Waals surface area contributed by atoms with E-state index in [-0.39, 0.29) is 17.9 Å². The summed E-state index contributed by atoms with van der Waals surface area (Å²) in [7, 11) is 0.428. The summed E-state index contributed by atoms with van der Waals surface area (Å²) in [6, 6.07) is 4.70. The number of carbonyl (C=O) groups excluding carboxylic acids is 2. The maximum Gasteiger partial charge on any atom is 0.458 e. The summed E-state index contributed by atoms with van der Waals surface area (Å²) in [6.07, 6.45) is -5.53. The Bertz CT molecular complexity index is 544. The molecule has 0 spiro atoms. The van der Waals surface area contributed by atoms with E-state index in [1.54, 1.807) is 12.2 Å². The third-order valence-corrected chi connectivity index (χ3v) is 2.59. The Hall–Kier alpha value is -2.16. The van der Waals surface area contributed by atoms with Crippen molar-refractivity contribution in [2.24, 2.45) is 0 Å². The number of benzene rings is 1. The third-order valence-electron chi connectivity index (χ3n) is 2.59. The Morgan fingerprint density at radius 2 is 1.68 bits per heavy atom. The van der Waals surface area contributed by atoms with E-state index in [1.807, 2.05) is 0 Å². The van der Waals surface area contributed by atoms with Crippen molar-refractivity contribution in [3.63, 3.8) is 0 Å². The third kappa shape index (κ3) is 3.73. The van der Waals surface area contributed by atoms with Gasteiger partial charge in [-0.25, -0.2) is 4.79 Å². The zero-order valence-corrected chi connectivity index (χ0v) is 11.7. The quantitative estimate of drug-likeness (QED) is 0.668. The largest absolute Gasteiger partial charge is 0.462 e. The molecule has 0 unspecified atom stereocenters. The minimum absolute atomic E-state index is 0.133. The van der Waals surface area contributed by atoms with E-state index >= 15 is 0 Å². The van der Waals surface area contributed by atoms with E-state index in [1.165, 1.54) is 12.1 Å². The minimum atomic E-state index is -5.53. The van der Waals surface area contributed by atoms with Crippen molar-refractivity contribution in [3.8, 4) is 0 Å². The molecule has 0 aliphatic heterocycles. The first-order valence-electron chi connectivity index (χ1n) is 6.05. The monoisotopic (exact) mass is 323 g/mol. The summed E-state index contributed by atoms with van der Waals surface area (Å²) in [5, 5.41) is 1.73. The van der Waals surface area contributed by atoms with Crippen LogP contribution in [0.2, 0.25) is 0 Å². The van der Waals surface area contributed by atoms with Gasteiger partial charge in [0.05, 0.1) is 12.2 Å². The van der Waals surface area contributed by atoms with Crippen LogP contribution < -0.4 is 5.32 Å². The van der Waals surface area contributed by atoms with Crippen molar-refractivity contribution in [1.82, 2.24) is 0 Å². The Balaban J connectivity index is 2.87. The molecule has 22 heavy (non-hydrogen) atoms. The van der Waals surface area contributed by atoms with Gasteiger partial charge in [-0.1, -0.05) is 0 Å². The van der Waals surface area contributed by atoms with Crippen LogP contribution in [0.5, 0.6) is 0 Å². The van der Waals surface area contributed by atoms with Crippen molar-refractivity contribution >= 4 is 17.6 Å². The molecule has 1 atom stereocenters. The van der Waals surface area contributed by atoms with Crippen molar-refractivity contribution in [1.29, 1.82) is 0 Å². The predicted molar refractivity (Wildman–Crippen MR) is 67.9 cm³/mol. The Morgan fingerprint density at radius 1 is 1.14 bits per heavy atom. The number of carbonyl (C=O) groups is 2. The predicted octanol–water partition coefficient (Wildman–Crippen LogP) is 2.68. The summed E-state index contributed by atoms with van der Waals surface area (Å²) >= 11 is 0. The molecule has 0 fully saturated rings. The molecular formula is C13H13F4NO4. The number of ether oxygens (including phenoxy) is 2. The van der Waals surface area contributed by atoms with E-state index in [0.29, 0.717) is 7.11 Å². The normalized spacial score (nSPS) is 14.1. The average Bonchev–Trinajstić information content (AvgIpc) is 2.46. The number of amides is 1. The smallest absolute Gasteiger partial charge is 0.458 e. The maximum atomic E-state index is 13.6. The number of hydrogen-bond acceptors (Lipinski definition) is 4. The molecular weight excluding hydrogens is 310 g/mol. The fourth-order valence-corrected chi connectivity index (χ4v) is 1.45. The minimum Gasteiger partial charge on any atom is -0.462 e. The maximum absolute atomic E-state index is 13.6. The van der Waals surface area contributed by atoms with Crippen LogP contribution in [0, 0.1) is 0 Å². The molecule has 1 amide bonds. The van der Waals surface area contributed by atoms with Crippen molar-refractivity contribution < 1.29 is 36.6 Å². The molecule has 0 saturated heterocycles. The summed E-state index contributed by atoms with van der Waals surface area (Å²) in [5.74, 6) is -7.12. The van der Waals surface area contributed by atoms with Crippen LogP contribution in [0.25, 0.3) is 0 Å². The fraction of sp³-hybridized carbons (Fsp3) is 0.385. The van der Waals surface area contributed by atoms with Gasteiger partial charge in [-0.2, -0.15) is 17.6 Å². The van der Waals surface area contributed by atoms with Gasteiger partial charge in [0.15, 0.2) is 0 Å². The highest BCUT2D eigenvalue weighted by Crippen LogP contribution is 2.35. The molecule has 0 saturated carbocycles. The Labute approximate surface area is 123 Å². The second-order valence-electron chi connectivity index (χ2n) is 4.05. The number of anilines is 1. The van der Waals surface area contributed by atoms with Crippen molar-refractivity contribution in [2.75, 3.05) is 19.0 Å². The van der Waals surface area contributed by atoms with Gasteiger partial charge in [-0.05, 0) is 31.2 Å². The second kappa shape index (κ2) is 6.73. The molecule has 0 heterocycles. The number of esters is 1. The lowest BCUT2D eigenvalue weighted by molar-refractivity contribution is -0.305. The number of methoxy groups -OCH3 is 1. The summed E-state index contributed by atoms with van der Waals surface area (Å²) in [5.41, 5.74) is -0.00435. The molecule has 1 aromatic rings. The van der Waals surface area contributed by atoms with Crippen LogP contribution in [0.1, 0.15) is 17.3 Å². The van der Waals surface area contributed by atoms with Crippen LogP contribution in [0.3, 0.4) is 0 Å². The highest BCUT2D eigenvalue weighted by molar-refractivity contribution is 5.97. The first-order chi connectivity index (χ1) is 10.2. The number of halogens is 4. The second-order valence-corrected chi connectivity index (χ2v) is 4.05. The lowest BCUT2D eigenvalue weighted by Gasteiger charge is -2.24. The SMILES string of the molecule is CCOC(=O)c1ccc(NC(=O)[C@](F)(OC)C(F)(F)F)cc1. The summed E-state index contributed by atoms with van der Waals surface area (Å²) in [4.78, 5) is 22.8. The molecule has 0 bridgehead atoms. The van der Waals surface area contributed by atoms with Crippen LogP contribution in [-0.4, -0.2) is 37.6 Å². The van der Waals surface area contributed by atoms with Crippen LogP contribution in [0.15, 0.2) is 24.3 Å². The van der Waals surface area contributed by atoms with Gasteiger partial charge in [0.25, 0.3) is 5.91 Å². The van der Waals surface area contributed by atoms with Gasteiger partial charge in [0, 0.05) is 12.8 Å². The fourth-order valence-electron chi connectivity index (χ4n) is 1.45. The highest BCUT2D eigenvalue weighted by Gasteiger charge is 2.63. The first kappa shape index (κ1) is 17.9. The molecule has 122 valence electrons. The van der Waals surface area contributed by atoms with Gasteiger partial charge in [-0.3, -0.25) is 4.79 Å². The molecule has 0 aliphatic rings. The summed E-state index contributed by atoms with van der Waals surface area (Å²) < 4.78 is 59.4. The van der Waals surface area contributed by atoms with Crippen LogP contribution in [-0.2, 0) is 14.3 Å². The molecule has 1 rings (SSSR count). The van der Waals surface area contributed by atoms with E-state index in [0.717, 1.165) is 12.1 Å². The van der Waals surface area contributed by atoms with Gasteiger partial charge in [-0.15, -0.1) is 0 Å². The van der Waals surface area contributed by atoms with Gasteiger partial charge < -0.3 is 14.8 Å². The molecule has 1 aromatic carbocycles. The average molecular weight is 323 g/mol. The molecule has 0 aromatic heterocycles. The van der Waals surface area contributed by atoms with Gasteiger partial charge in [0.1, 0.15) is 0 Å². The molecule has 5 nitrogen and oxygen atoms in total. The molecule has 0 radical (unpaired) electrons. The number of hydrogen-bond donors (Lipinski definition) is 1. The highest BCUT2D eigenvalue weighted by atomic mass is 19.4. The summed E-state index contributed by atoms with van der Waals surface area (Å²) in [6.45, 7) is 1.76. The zero-order valence-electron chi connectivity index (χ0n) is 11.7. The van der Waals surface area contributed by atoms with Crippen LogP contribution in [0.4, 0.5) is 23.2 Å². The van der Waals surface area contributed by atoms with Gasteiger partial charge in [0.2, 0.25) is 0 Å². The van der Waals surface area contributed by atoms with E-state index < -0.39 is 23.9 Å².